The summed E-state index contributed by atoms with van der Waals surface area (Å²) in [5.74, 6) is -0.177. The molecule has 0 amide bonds. The predicted octanol–water partition coefficient (Wildman–Crippen LogP) is 1.94. The summed E-state index contributed by atoms with van der Waals surface area (Å²) >= 11 is 0. The van der Waals surface area contributed by atoms with Crippen molar-refractivity contribution in [3.63, 3.8) is 0 Å². The van der Waals surface area contributed by atoms with Crippen molar-refractivity contribution in [3.05, 3.63) is 0 Å². The van der Waals surface area contributed by atoms with Gasteiger partial charge in [0, 0.05) is 13.0 Å². The molecule has 1 heterocycles. The first kappa shape index (κ1) is 24.3. The van der Waals surface area contributed by atoms with Gasteiger partial charge in [0.1, 0.15) is 6.61 Å². The molecule has 0 radical (unpaired) electrons. The second kappa shape index (κ2) is 18.6. The van der Waals surface area contributed by atoms with Gasteiger partial charge in [-0.2, -0.15) is 0 Å². The van der Waals surface area contributed by atoms with Crippen molar-refractivity contribution in [1.82, 2.24) is 0 Å². The molecule has 1 aliphatic heterocycles. The Bertz CT molecular complexity index is 334. The topological polar surface area (TPSA) is 81.7 Å². The molecule has 0 aliphatic carbocycles. The van der Waals surface area contributed by atoms with Gasteiger partial charge in [-0.1, -0.05) is 6.92 Å². The molecule has 160 valence electrons. The van der Waals surface area contributed by atoms with E-state index in [1.54, 1.807) is 0 Å². The van der Waals surface area contributed by atoms with Crippen LogP contribution in [0.4, 0.5) is 0 Å². The van der Waals surface area contributed by atoms with Crippen LogP contribution >= 0.6 is 0 Å². The maximum Gasteiger partial charge on any atom is 0.305 e. The molecule has 1 aliphatic rings. The molecule has 0 bridgehead atoms. The van der Waals surface area contributed by atoms with Gasteiger partial charge in [0.15, 0.2) is 6.29 Å². The van der Waals surface area contributed by atoms with Crippen LogP contribution in [-0.4, -0.2) is 84.9 Å². The van der Waals surface area contributed by atoms with E-state index in [0.29, 0.717) is 72.5 Å². The van der Waals surface area contributed by atoms with E-state index in [4.69, 9.17) is 33.2 Å². The van der Waals surface area contributed by atoms with Gasteiger partial charge in [0.05, 0.1) is 59.5 Å². The van der Waals surface area contributed by atoms with E-state index in [1.165, 1.54) is 6.42 Å². The lowest BCUT2D eigenvalue weighted by atomic mass is 10.2. The Morgan fingerprint density at radius 2 is 1.37 bits per heavy atom. The Balaban J connectivity index is 1.68. The zero-order valence-electron chi connectivity index (χ0n) is 16.7. The van der Waals surface area contributed by atoms with Gasteiger partial charge in [-0.15, -0.1) is 0 Å². The summed E-state index contributed by atoms with van der Waals surface area (Å²) in [4.78, 5) is 11.1. The highest BCUT2D eigenvalue weighted by Crippen LogP contribution is 2.13. The lowest BCUT2D eigenvalue weighted by molar-refractivity contribution is -0.169. The summed E-state index contributed by atoms with van der Waals surface area (Å²) in [5.41, 5.74) is 0. The highest BCUT2D eigenvalue weighted by Gasteiger charge is 2.13. The Hall–Kier alpha value is -0.770. The van der Waals surface area contributed by atoms with Crippen LogP contribution in [0.3, 0.4) is 0 Å². The van der Waals surface area contributed by atoms with Gasteiger partial charge in [-0.05, 0) is 25.7 Å². The average Bonchev–Trinajstić information content (AvgIpc) is 2.68. The average molecular weight is 392 g/mol. The highest BCUT2D eigenvalue weighted by molar-refractivity contribution is 5.69. The standard InChI is InChI=1S/C19H36O8/c1-2-5-18(20)25-16-14-23-12-10-21-8-9-22-11-13-24-15-17-27-19-6-3-4-7-26-19/h19H,2-17H2,1H3. The molecule has 1 unspecified atom stereocenters. The maximum atomic E-state index is 11.1. The van der Waals surface area contributed by atoms with E-state index < -0.39 is 0 Å². The zero-order chi connectivity index (χ0) is 19.4. The fraction of sp³-hybridized carbons (Fsp3) is 0.947. The third-order valence-electron chi connectivity index (χ3n) is 3.73. The molecule has 0 spiro atoms. The number of hydrogen-bond acceptors (Lipinski definition) is 8. The minimum absolute atomic E-state index is 0.0594. The quantitative estimate of drug-likeness (QED) is 0.259. The van der Waals surface area contributed by atoms with Crippen LogP contribution in [0.15, 0.2) is 0 Å². The number of ether oxygens (including phenoxy) is 7. The summed E-state index contributed by atoms with van der Waals surface area (Å²) < 4.78 is 37.5. The van der Waals surface area contributed by atoms with Crippen LogP contribution < -0.4 is 0 Å². The van der Waals surface area contributed by atoms with E-state index in [1.807, 2.05) is 6.92 Å². The summed E-state index contributed by atoms with van der Waals surface area (Å²) in [6.07, 6.45) is 4.46. The number of carbonyl (C=O) groups is 1. The monoisotopic (exact) mass is 392 g/mol. The van der Waals surface area contributed by atoms with Crippen molar-refractivity contribution in [3.8, 4) is 0 Å². The normalized spacial score (nSPS) is 17.1. The maximum absolute atomic E-state index is 11.1. The third kappa shape index (κ3) is 15.9. The van der Waals surface area contributed by atoms with Crippen LogP contribution in [0, 0.1) is 0 Å². The molecule has 27 heavy (non-hydrogen) atoms. The smallest absolute Gasteiger partial charge is 0.305 e. The molecular formula is C19H36O8. The molecule has 1 atom stereocenters. The summed E-state index contributed by atoms with van der Waals surface area (Å²) in [6, 6.07) is 0. The van der Waals surface area contributed by atoms with Gasteiger partial charge in [-0.3, -0.25) is 4.79 Å². The Kier molecular flexibility index (Phi) is 16.7. The SMILES string of the molecule is CCCC(=O)OCCOCCOCCOCCOCCOC1CCCCO1. The van der Waals surface area contributed by atoms with Crippen LogP contribution in [0.2, 0.25) is 0 Å². The first-order chi connectivity index (χ1) is 13.3. The lowest BCUT2D eigenvalue weighted by Gasteiger charge is -2.22. The third-order valence-corrected chi connectivity index (χ3v) is 3.73. The summed E-state index contributed by atoms with van der Waals surface area (Å²) in [7, 11) is 0. The van der Waals surface area contributed by atoms with Gasteiger partial charge >= 0.3 is 5.97 Å². The van der Waals surface area contributed by atoms with Crippen LogP contribution in [0.1, 0.15) is 39.0 Å². The van der Waals surface area contributed by atoms with E-state index >= 15 is 0 Å². The predicted molar refractivity (Wildman–Crippen MR) is 98.7 cm³/mol. The van der Waals surface area contributed by atoms with E-state index in [0.717, 1.165) is 25.9 Å². The van der Waals surface area contributed by atoms with Gasteiger partial charge < -0.3 is 33.2 Å². The molecule has 0 aromatic heterocycles. The van der Waals surface area contributed by atoms with Crippen LogP contribution in [0.5, 0.6) is 0 Å². The first-order valence-corrected chi connectivity index (χ1v) is 10.0. The van der Waals surface area contributed by atoms with Crippen molar-refractivity contribution < 1.29 is 38.0 Å². The number of esters is 1. The molecule has 1 fully saturated rings. The van der Waals surface area contributed by atoms with E-state index in [2.05, 4.69) is 0 Å². The van der Waals surface area contributed by atoms with Gasteiger partial charge in [0.2, 0.25) is 0 Å². The first-order valence-electron chi connectivity index (χ1n) is 10.0. The summed E-state index contributed by atoms with van der Waals surface area (Å²) in [6.45, 7) is 7.57. The minimum atomic E-state index is -0.177. The fourth-order valence-electron chi connectivity index (χ4n) is 2.33. The minimum Gasteiger partial charge on any atom is -0.463 e. The van der Waals surface area contributed by atoms with Crippen LogP contribution in [0.25, 0.3) is 0 Å². The highest BCUT2D eigenvalue weighted by atomic mass is 16.7. The fourth-order valence-corrected chi connectivity index (χ4v) is 2.33. The number of hydrogen-bond donors (Lipinski definition) is 0. The van der Waals surface area contributed by atoms with Gasteiger partial charge in [-0.25, -0.2) is 0 Å². The Morgan fingerprint density at radius 3 is 1.89 bits per heavy atom. The molecule has 0 aromatic carbocycles. The number of rotatable bonds is 18. The van der Waals surface area contributed by atoms with Crippen molar-refractivity contribution in [2.75, 3.05) is 72.7 Å². The van der Waals surface area contributed by atoms with Crippen molar-refractivity contribution >= 4 is 5.97 Å². The van der Waals surface area contributed by atoms with Crippen LogP contribution in [-0.2, 0) is 38.0 Å². The molecule has 1 saturated heterocycles. The van der Waals surface area contributed by atoms with Gasteiger partial charge in [0.25, 0.3) is 0 Å². The summed E-state index contributed by atoms with van der Waals surface area (Å²) in [5, 5.41) is 0. The second-order valence-electron chi connectivity index (χ2n) is 6.09. The molecule has 8 heteroatoms. The largest absolute Gasteiger partial charge is 0.463 e. The zero-order valence-corrected chi connectivity index (χ0v) is 16.7. The Labute approximate surface area is 162 Å². The molecule has 1 rings (SSSR count). The lowest BCUT2D eigenvalue weighted by Crippen LogP contribution is -2.24. The Morgan fingerprint density at radius 1 is 0.815 bits per heavy atom. The second-order valence-corrected chi connectivity index (χ2v) is 6.09. The molecule has 0 aromatic rings. The van der Waals surface area contributed by atoms with Crippen molar-refractivity contribution in [2.24, 2.45) is 0 Å². The van der Waals surface area contributed by atoms with Crippen molar-refractivity contribution in [2.45, 2.75) is 45.3 Å². The molecule has 8 nitrogen and oxygen atoms in total. The molecular weight excluding hydrogens is 356 g/mol. The number of carbonyl (C=O) groups excluding carboxylic acids is 1. The molecule has 0 N–H and O–H groups in total. The van der Waals surface area contributed by atoms with E-state index in [-0.39, 0.29) is 12.3 Å². The molecule has 0 saturated carbocycles. The van der Waals surface area contributed by atoms with Crippen molar-refractivity contribution in [1.29, 1.82) is 0 Å². The van der Waals surface area contributed by atoms with E-state index in [9.17, 15) is 4.79 Å².